The maximum atomic E-state index is 10.9. The van der Waals surface area contributed by atoms with Crippen LogP contribution in [0.25, 0.3) is 11.0 Å². The second-order valence-corrected chi connectivity index (χ2v) is 3.16. The van der Waals surface area contributed by atoms with Gasteiger partial charge in [-0.1, -0.05) is 12.1 Å². The van der Waals surface area contributed by atoms with Crippen LogP contribution >= 0.6 is 17.0 Å². The first-order chi connectivity index (χ1) is 6.68. The van der Waals surface area contributed by atoms with Crippen LogP contribution < -0.4 is 5.32 Å². The number of imidazole rings is 1. The minimum absolute atomic E-state index is 0. The molecule has 0 saturated carbocycles. The molecule has 0 aliphatic rings. The average molecular weight is 270 g/mol. The van der Waals surface area contributed by atoms with Gasteiger partial charge < -0.3 is 4.57 Å². The predicted molar refractivity (Wildman–Crippen MR) is 65.3 cm³/mol. The van der Waals surface area contributed by atoms with Gasteiger partial charge >= 0.3 is 0 Å². The van der Waals surface area contributed by atoms with E-state index in [4.69, 9.17) is 0 Å². The number of fused-ring (bicyclic) bond motifs is 1. The Morgan fingerprint density at radius 2 is 2.07 bits per heavy atom. The van der Waals surface area contributed by atoms with Gasteiger partial charge in [0.15, 0.2) is 0 Å². The highest BCUT2D eigenvalue weighted by Crippen LogP contribution is 2.17. The number of para-hydroxylation sites is 2. The molecule has 2 aromatic rings. The minimum Gasteiger partial charge on any atom is -0.313 e. The molecule has 0 aliphatic carbocycles. The first kappa shape index (κ1) is 11.7. The van der Waals surface area contributed by atoms with Crippen LogP contribution in [0.5, 0.6) is 0 Å². The summed E-state index contributed by atoms with van der Waals surface area (Å²) in [5, 5.41) is 2.68. The van der Waals surface area contributed by atoms with Crippen molar-refractivity contribution in [2.45, 2.75) is 6.92 Å². The Bertz CT molecular complexity index is 492. The van der Waals surface area contributed by atoms with Crippen molar-refractivity contribution >= 4 is 39.9 Å². The zero-order valence-corrected chi connectivity index (χ0v) is 10.2. The molecule has 1 aromatic carbocycles. The van der Waals surface area contributed by atoms with Crippen LogP contribution in [0, 0.1) is 0 Å². The maximum absolute atomic E-state index is 10.9. The van der Waals surface area contributed by atoms with Gasteiger partial charge in [0, 0.05) is 14.0 Å². The molecular weight excluding hydrogens is 258 g/mol. The predicted octanol–water partition coefficient (Wildman–Crippen LogP) is 2.11. The Kier molecular flexibility index (Phi) is 3.47. The third-order valence-corrected chi connectivity index (χ3v) is 2.07. The summed E-state index contributed by atoms with van der Waals surface area (Å²) in [6.07, 6.45) is 0. The number of benzene rings is 1. The van der Waals surface area contributed by atoms with Crippen molar-refractivity contribution in [2.24, 2.45) is 7.05 Å². The molecule has 0 unspecified atom stereocenters. The Balaban J connectivity index is 0.00000112. The number of hydrogen-bond donors (Lipinski definition) is 1. The van der Waals surface area contributed by atoms with Crippen LogP contribution in [-0.4, -0.2) is 15.5 Å². The van der Waals surface area contributed by atoms with Crippen molar-refractivity contribution in [3.05, 3.63) is 24.3 Å². The molecule has 1 heterocycles. The molecule has 15 heavy (non-hydrogen) atoms. The van der Waals surface area contributed by atoms with Crippen LogP contribution in [0.1, 0.15) is 6.92 Å². The molecule has 4 nitrogen and oxygen atoms in total. The lowest BCUT2D eigenvalue weighted by Crippen LogP contribution is -2.10. The summed E-state index contributed by atoms with van der Waals surface area (Å²) in [6.45, 7) is 1.47. The van der Waals surface area contributed by atoms with E-state index in [1.54, 1.807) is 0 Å². The van der Waals surface area contributed by atoms with Crippen molar-refractivity contribution in [2.75, 3.05) is 5.32 Å². The van der Waals surface area contributed by atoms with Gasteiger partial charge in [-0.15, -0.1) is 17.0 Å². The van der Waals surface area contributed by atoms with Gasteiger partial charge in [-0.25, -0.2) is 4.98 Å². The summed E-state index contributed by atoms with van der Waals surface area (Å²) in [7, 11) is 1.88. The molecule has 0 atom stereocenters. The van der Waals surface area contributed by atoms with Crippen molar-refractivity contribution in [1.29, 1.82) is 0 Å². The van der Waals surface area contributed by atoms with Gasteiger partial charge in [-0.3, -0.25) is 10.1 Å². The topological polar surface area (TPSA) is 46.9 Å². The van der Waals surface area contributed by atoms with E-state index in [0.29, 0.717) is 5.95 Å². The summed E-state index contributed by atoms with van der Waals surface area (Å²) < 4.78 is 1.86. The molecule has 0 fully saturated rings. The number of carbonyl (C=O) groups excluding carboxylic acids is 1. The lowest BCUT2D eigenvalue weighted by Gasteiger charge is -2.00. The maximum Gasteiger partial charge on any atom is 0.223 e. The fraction of sp³-hybridized carbons (Fsp3) is 0.200. The molecule has 0 spiro atoms. The van der Waals surface area contributed by atoms with Crippen LogP contribution in [0.15, 0.2) is 24.3 Å². The Morgan fingerprint density at radius 1 is 1.40 bits per heavy atom. The number of rotatable bonds is 1. The molecule has 1 N–H and O–H groups in total. The molecule has 1 aromatic heterocycles. The van der Waals surface area contributed by atoms with E-state index in [1.807, 2.05) is 35.9 Å². The van der Waals surface area contributed by atoms with E-state index in [1.165, 1.54) is 6.92 Å². The normalized spacial score (nSPS) is 9.73. The Labute approximate surface area is 98.1 Å². The zero-order valence-electron chi connectivity index (χ0n) is 8.52. The van der Waals surface area contributed by atoms with E-state index in [9.17, 15) is 4.79 Å². The number of aromatic nitrogens is 2. The van der Waals surface area contributed by atoms with Crippen LogP contribution in [0.4, 0.5) is 5.95 Å². The summed E-state index contributed by atoms with van der Waals surface area (Å²) >= 11 is 0. The second kappa shape index (κ2) is 4.44. The number of aryl methyl sites for hydroxylation is 1. The SMILES string of the molecule is Br.CC(=O)Nc1nc2ccccc2n1C. The second-order valence-electron chi connectivity index (χ2n) is 3.16. The van der Waals surface area contributed by atoms with Crippen molar-refractivity contribution in [3.63, 3.8) is 0 Å². The lowest BCUT2D eigenvalue weighted by molar-refractivity contribution is -0.114. The molecule has 0 radical (unpaired) electrons. The zero-order chi connectivity index (χ0) is 10.1. The van der Waals surface area contributed by atoms with Gasteiger partial charge in [0.05, 0.1) is 11.0 Å². The number of hydrogen-bond acceptors (Lipinski definition) is 2. The highest BCUT2D eigenvalue weighted by atomic mass is 79.9. The Hall–Kier alpha value is -1.36. The number of halogens is 1. The van der Waals surface area contributed by atoms with Crippen LogP contribution in [-0.2, 0) is 11.8 Å². The van der Waals surface area contributed by atoms with Crippen LogP contribution in [0.2, 0.25) is 0 Å². The molecule has 0 saturated heterocycles. The third-order valence-electron chi connectivity index (χ3n) is 2.07. The first-order valence-corrected chi connectivity index (χ1v) is 4.37. The highest BCUT2D eigenvalue weighted by Gasteiger charge is 2.06. The van der Waals surface area contributed by atoms with Crippen molar-refractivity contribution < 1.29 is 4.79 Å². The summed E-state index contributed by atoms with van der Waals surface area (Å²) in [5.74, 6) is 0.474. The molecule has 1 amide bonds. The largest absolute Gasteiger partial charge is 0.313 e. The quantitative estimate of drug-likeness (QED) is 0.862. The van der Waals surface area contributed by atoms with Gasteiger partial charge in [-0.2, -0.15) is 0 Å². The number of nitrogens with zero attached hydrogens (tertiary/aromatic N) is 2. The highest BCUT2D eigenvalue weighted by molar-refractivity contribution is 8.93. The van der Waals surface area contributed by atoms with E-state index < -0.39 is 0 Å². The number of anilines is 1. The third kappa shape index (κ3) is 2.18. The molecule has 5 heteroatoms. The van der Waals surface area contributed by atoms with Gasteiger partial charge in [0.2, 0.25) is 11.9 Å². The molecule has 0 aliphatic heterocycles. The van der Waals surface area contributed by atoms with Crippen molar-refractivity contribution in [3.8, 4) is 0 Å². The fourth-order valence-electron chi connectivity index (χ4n) is 1.41. The monoisotopic (exact) mass is 269 g/mol. The minimum atomic E-state index is -0.108. The first-order valence-electron chi connectivity index (χ1n) is 4.37. The van der Waals surface area contributed by atoms with E-state index >= 15 is 0 Å². The molecule has 0 bridgehead atoms. The van der Waals surface area contributed by atoms with Crippen molar-refractivity contribution in [1.82, 2.24) is 9.55 Å². The smallest absolute Gasteiger partial charge is 0.223 e. The van der Waals surface area contributed by atoms with Gasteiger partial charge in [0.25, 0.3) is 0 Å². The number of carbonyl (C=O) groups is 1. The number of amides is 1. The van der Waals surface area contributed by atoms with Gasteiger partial charge in [0.1, 0.15) is 0 Å². The van der Waals surface area contributed by atoms with E-state index in [2.05, 4.69) is 10.3 Å². The fourth-order valence-corrected chi connectivity index (χ4v) is 1.41. The molecule has 2 rings (SSSR count). The summed E-state index contributed by atoms with van der Waals surface area (Å²) in [4.78, 5) is 15.2. The summed E-state index contributed by atoms with van der Waals surface area (Å²) in [5.41, 5.74) is 1.90. The van der Waals surface area contributed by atoms with E-state index in [0.717, 1.165) is 11.0 Å². The van der Waals surface area contributed by atoms with Gasteiger partial charge in [-0.05, 0) is 12.1 Å². The van der Waals surface area contributed by atoms with Crippen LogP contribution in [0.3, 0.4) is 0 Å². The number of nitrogens with one attached hydrogen (secondary N) is 1. The molecular formula is C10H12BrN3O. The average Bonchev–Trinajstić information content (AvgIpc) is 2.44. The standard InChI is InChI=1S/C10H11N3O.BrH/c1-7(14)11-10-12-8-5-3-4-6-9(8)13(10)2;/h3-6H,1-2H3,(H,11,12,14);1H. The lowest BCUT2D eigenvalue weighted by atomic mass is 10.3. The van der Waals surface area contributed by atoms with E-state index in [-0.39, 0.29) is 22.9 Å². The Morgan fingerprint density at radius 3 is 2.67 bits per heavy atom. The summed E-state index contributed by atoms with van der Waals surface area (Å²) in [6, 6.07) is 7.75. The molecule has 80 valence electrons.